The summed E-state index contributed by atoms with van der Waals surface area (Å²) in [4.78, 5) is 10.3. The number of hydrogen-bond acceptors (Lipinski definition) is 2. The number of para-hydroxylation sites is 2. The molecule has 0 aliphatic rings. The Kier molecular flexibility index (Phi) is 10.4. The fourth-order valence-electron chi connectivity index (χ4n) is 3.78. The quantitative estimate of drug-likeness (QED) is 0.289. The van der Waals surface area contributed by atoms with Gasteiger partial charge in [-0.15, -0.1) is 0 Å². The molecule has 0 bridgehead atoms. The van der Waals surface area contributed by atoms with Gasteiger partial charge in [0.2, 0.25) is 0 Å². The van der Waals surface area contributed by atoms with E-state index in [4.69, 9.17) is 9.98 Å². The molecule has 0 fully saturated rings. The van der Waals surface area contributed by atoms with Crippen molar-refractivity contribution in [3.05, 3.63) is 58.7 Å². The normalized spacial score (nSPS) is 12.8. The summed E-state index contributed by atoms with van der Waals surface area (Å²) in [6.07, 6.45) is 0. The molecule has 0 amide bonds. The van der Waals surface area contributed by atoms with Crippen molar-refractivity contribution in [2.24, 2.45) is 9.98 Å². The summed E-state index contributed by atoms with van der Waals surface area (Å²) in [5.74, 6) is 1.73. The monoisotopic (exact) mass is 464 g/mol. The van der Waals surface area contributed by atoms with E-state index in [0.29, 0.717) is 23.7 Å². The van der Waals surface area contributed by atoms with E-state index in [1.807, 2.05) is 0 Å². The van der Waals surface area contributed by atoms with E-state index in [1.165, 1.54) is 22.3 Å². The van der Waals surface area contributed by atoms with Gasteiger partial charge >= 0.3 is 16.5 Å². The topological polar surface area (TPSA) is 24.7 Å². The second kappa shape index (κ2) is 11.8. The molecule has 0 saturated carbocycles. The van der Waals surface area contributed by atoms with Crippen LogP contribution < -0.4 is 0 Å². The molecule has 0 aromatic heterocycles. The zero-order valence-electron chi connectivity index (χ0n) is 21.0. The van der Waals surface area contributed by atoms with Gasteiger partial charge in [-0.2, -0.15) is 0 Å². The first-order valence-electron chi connectivity index (χ1n) is 11.4. The maximum absolute atomic E-state index is 5.13. The van der Waals surface area contributed by atoms with E-state index < -0.39 is 0 Å². The van der Waals surface area contributed by atoms with Crippen molar-refractivity contribution in [1.82, 2.24) is 0 Å². The van der Waals surface area contributed by atoms with E-state index in [0.717, 1.165) is 22.8 Å². The van der Waals surface area contributed by atoms with Crippen molar-refractivity contribution in [2.75, 3.05) is 0 Å². The SMILES string of the molecule is CC(=Nc1c(C(C)C)cccc1C(C)C)C(C)=Nc1c(C(C)C)cccc1C(C)C.[NiH2]. The van der Waals surface area contributed by atoms with Crippen LogP contribution in [0.3, 0.4) is 0 Å². The van der Waals surface area contributed by atoms with Crippen molar-refractivity contribution >= 4 is 22.8 Å². The van der Waals surface area contributed by atoms with Crippen LogP contribution in [-0.4, -0.2) is 11.4 Å². The molecule has 2 rings (SSSR count). The van der Waals surface area contributed by atoms with E-state index in [1.54, 1.807) is 0 Å². The molecule has 3 heteroatoms. The van der Waals surface area contributed by atoms with Crippen LogP contribution in [0.5, 0.6) is 0 Å². The van der Waals surface area contributed by atoms with E-state index in [2.05, 4.69) is 106 Å². The van der Waals surface area contributed by atoms with Crippen LogP contribution in [-0.2, 0) is 16.5 Å². The molecule has 2 nitrogen and oxygen atoms in total. The zero-order chi connectivity index (χ0) is 22.6. The zero-order valence-corrected chi connectivity index (χ0v) is 22.1. The number of rotatable bonds is 7. The molecule has 0 unspecified atom stereocenters. The second-order valence-corrected chi connectivity index (χ2v) is 9.58. The Morgan fingerprint density at radius 1 is 0.516 bits per heavy atom. The standard InChI is InChI=1S/C28H40N2.Ni.2H/c1-17(2)23-13-11-14-24(18(3)4)27(23)29-21(9)22(10)30-28-25(19(5)6)15-12-16-26(28)20(7)8;;;/h11-20H,1-10H3;;;. The Balaban J connectivity index is 0.00000480. The third-order valence-electron chi connectivity index (χ3n) is 5.77. The van der Waals surface area contributed by atoms with Gasteiger partial charge in [0.25, 0.3) is 0 Å². The van der Waals surface area contributed by atoms with Crippen LogP contribution in [0.25, 0.3) is 0 Å². The van der Waals surface area contributed by atoms with Gasteiger partial charge < -0.3 is 0 Å². The summed E-state index contributed by atoms with van der Waals surface area (Å²) < 4.78 is 0. The van der Waals surface area contributed by atoms with Crippen LogP contribution in [0.1, 0.15) is 115 Å². The van der Waals surface area contributed by atoms with Gasteiger partial charge in [0.1, 0.15) is 0 Å². The van der Waals surface area contributed by atoms with Crippen molar-refractivity contribution in [3.8, 4) is 0 Å². The number of aliphatic imine (C=N–C) groups is 2. The first-order chi connectivity index (χ1) is 14.0. The summed E-state index contributed by atoms with van der Waals surface area (Å²) in [5.41, 5.74) is 9.43. The fourth-order valence-corrected chi connectivity index (χ4v) is 3.78. The van der Waals surface area contributed by atoms with Gasteiger partial charge in [0.15, 0.2) is 0 Å². The Morgan fingerprint density at radius 3 is 0.935 bits per heavy atom. The predicted octanol–water partition coefficient (Wildman–Crippen LogP) is 8.53. The summed E-state index contributed by atoms with van der Waals surface area (Å²) in [6, 6.07) is 13.2. The first-order valence-corrected chi connectivity index (χ1v) is 11.4. The fraction of sp³-hybridized carbons (Fsp3) is 0.500. The molecule has 2 aromatic carbocycles. The minimum absolute atomic E-state index is 0. The van der Waals surface area contributed by atoms with E-state index in [9.17, 15) is 0 Å². The number of nitrogens with zero attached hydrogens (tertiary/aromatic N) is 2. The molecule has 31 heavy (non-hydrogen) atoms. The third-order valence-corrected chi connectivity index (χ3v) is 5.77. The molecule has 0 spiro atoms. The molecule has 0 aliphatic heterocycles. The van der Waals surface area contributed by atoms with Gasteiger partial charge in [-0.3, -0.25) is 9.98 Å². The molecule has 174 valence electrons. The average Bonchev–Trinajstić information content (AvgIpc) is 2.67. The predicted molar refractivity (Wildman–Crippen MR) is 138 cm³/mol. The van der Waals surface area contributed by atoms with Gasteiger partial charge in [0, 0.05) is 0 Å². The summed E-state index contributed by atoms with van der Waals surface area (Å²) in [6.45, 7) is 22.1. The van der Waals surface area contributed by atoms with Gasteiger partial charge in [-0.05, 0) is 59.8 Å². The second-order valence-electron chi connectivity index (χ2n) is 9.58. The molecule has 0 N–H and O–H groups in total. The number of hydrogen-bond donors (Lipinski definition) is 0. The van der Waals surface area contributed by atoms with Crippen LogP contribution in [0, 0.1) is 0 Å². The maximum atomic E-state index is 5.13. The Hall–Kier alpha value is -1.73. The Bertz CT molecular complexity index is 804. The van der Waals surface area contributed by atoms with E-state index >= 15 is 0 Å². The minimum atomic E-state index is 0. The van der Waals surface area contributed by atoms with Crippen LogP contribution in [0.2, 0.25) is 0 Å². The summed E-state index contributed by atoms with van der Waals surface area (Å²) in [7, 11) is 0. The van der Waals surface area contributed by atoms with Crippen molar-refractivity contribution < 1.29 is 16.5 Å². The summed E-state index contributed by atoms with van der Waals surface area (Å²) >= 11 is 0. The molecule has 0 heterocycles. The molecular weight excluding hydrogens is 423 g/mol. The van der Waals surface area contributed by atoms with Crippen LogP contribution in [0.15, 0.2) is 46.4 Å². The van der Waals surface area contributed by atoms with Crippen LogP contribution >= 0.6 is 0 Å². The first kappa shape index (κ1) is 27.3. The molecular formula is C28H42N2Ni. The molecule has 2 aromatic rings. The van der Waals surface area contributed by atoms with Gasteiger partial charge in [-0.25, -0.2) is 0 Å². The van der Waals surface area contributed by atoms with Crippen molar-refractivity contribution in [3.63, 3.8) is 0 Å². The molecule has 0 atom stereocenters. The van der Waals surface area contributed by atoms with Gasteiger partial charge in [-0.1, -0.05) is 91.8 Å². The molecule has 0 saturated heterocycles. The Morgan fingerprint density at radius 2 is 0.742 bits per heavy atom. The van der Waals surface area contributed by atoms with E-state index in [-0.39, 0.29) is 16.5 Å². The van der Waals surface area contributed by atoms with Gasteiger partial charge in [0.05, 0.1) is 22.8 Å². The van der Waals surface area contributed by atoms with Crippen LogP contribution in [0.4, 0.5) is 11.4 Å². The third kappa shape index (κ3) is 6.63. The number of benzene rings is 2. The Labute approximate surface area is 200 Å². The summed E-state index contributed by atoms with van der Waals surface area (Å²) in [5, 5.41) is 0. The van der Waals surface area contributed by atoms with Crippen molar-refractivity contribution in [1.29, 1.82) is 0 Å². The average molecular weight is 465 g/mol. The molecule has 0 radical (unpaired) electrons. The molecule has 0 aliphatic carbocycles. The van der Waals surface area contributed by atoms with Crippen molar-refractivity contribution in [2.45, 2.75) is 92.9 Å².